The molecule has 0 amide bonds. The molecule has 1 saturated heterocycles. The molecule has 0 aromatic heterocycles. The van der Waals surface area contributed by atoms with Gasteiger partial charge in [-0.15, -0.1) is 0 Å². The summed E-state index contributed by atoms with van der Waals surface area (Å²) in [5.74, 6) is 1.17. The van der Waals surface area contributed by atoms with Crippen LogP contribution in [0.4, 0.5) is 0 Å². The Morgan fingerprint density at radius 1 is 1.33 bits per heavy atom. The average Bonchev–Trinajstić information content (AvgIpc) is 2.38. The number of rotatable bonds is 6. The lowest BCUT2D eigenvalue weighted by atomic mass is 10.1. The topological polar surface area (TPSA) is 26.7 Å². The third kappa shape index (κ3) is 5.99. The van der Waals surface area contributed by atoms with Crippen molar-refractivity contribution in [3.8, 4) is 0 Å². The summed E-state index contributed by atoms with van der Waals surface area (Å²) in [5.41, 5.74) is 1.29. The first-order valence-corrected chi connectivity index (χ1v) is 8.70. The predicted molar refractivity (Wildman–Crippen MR) is 91.8 cm³/mol. The van der Waals surface area contributed by atoms with Gasteiger partial charge in [0.2, 0.25) is 0 Å². The molecule has 1 aromatic carbocycles. The highest BCUT2D eigenvalue weighted by atomic mass is 32.2. The molecular weight excluding hydrogens is 280 g/mol. The largest absolute Gasteiger partial charge is 0.390 e. The van der Waals surface area contributed by atoms with E-state index < -0.39 is 0 Å². The molecule has 1 N–H and O–H groups in total. The van der Waals surface area contributed by atoms with E-state index in [1.807, 2.05) is 17.8 Å². The van der Waals surface area contributed by atoms with Crippen LogP contribution in [0.3, 0.4) is 0 Å². The number of nitrogens with zero attached hydrogens (tertiary/aromatic N) is 2. The first-order valence-electron chi connectivity index (χ1n) is 7.71. The fraction of sp³-hybridized carbons (Fsp3) is 0.647. The zero-order valence-corrected chi connectivity index (χ0v) is 14.3. The summed E-state index contributed by atoms with van der Waals surface area (Å²) in [6, 6.07) is 10.4. The van der Waals surface area contributed by atoms with Gasteiger partial charge in [0.05, 0.1) is 6.10 Å². The maximum atomic E-state index is 10.3. The van der Waals surface area contributed by atoms with E-state index in [9.17, 15) is 5.11 Å². The summed E-state index contributed by atoms with van der Waals surface area (Å²) in [5, 5.41) is 10.3. The third-order valence-corrected chi connectivity index (χ3v) is 5.09. The minimum absolute atomic E-state index is 0.280. The second-order valence-corrected chi connectivity index (χ2v) is 8.48. The lowest BCUT2D eigenvalue weighted by molar-refractivity contribution is 0.0781. The molecule has 1 unspecified atom stereocenters. The predicted octanol–water partition coefficient (Wildman–Crippen LogP) is 2.31. The molecular formula is C17H28N2OS. The van der Waals surface area contributed by atoms with Crippen molar-refractivity contribution in [2.45, 2.75) is 31.2 Å². The van der Waals surface area contributed by atoms with Gasteiger partial charge in [-0.2, -0.15) is 11.8 Å². The molecule has 118 valence electrons. The molecule has 1 atom stereocenters. The van der Waals surface area contributed by atoms with Crippen molar-refractivity contribution in [3.05, 3.63) is 35.9 Å². The van der Waals surface area contributed by atoms with Gasteiger partial charge in [0.15, 0.2) is 0 Å². The van der Waals surface area contributed by atoms with Gasteiger partial charge in [-0.25, -0.2) is 0 Å². The summed E-state index contributed by atoms with van der Waals surface area (Å²) in [4.78, 5) is 4.60. The van der Waals surface area contributed by atoms with Crippen molar-refractivity contribution in [2.24, 2.45) is 0 Å². The van der Waals surface area contributed by atoms with Crippen molar-refractivity contribution in [1.29, 1.82) is 0 Å². The molecule has 1 aliphatic rings. The molecule has 21 heavy (non-hydrogen) atoms. The summed E-state index contributed by atoms with van der Waals surface area (Å²) in [7, 11) is 2.08. The quantitative estimate of drug-likeness (QED) is 0.872. The van der Waals surface area contributed by atoms with Crippen LogP contribution in [0.15, 0.2) is 30.3 Å². The van der Waals surface area contributed by atoms with Gasteiger partial charge in [0, 0.05) is 43.2 Å². The fourth-order valence-electron chi connectivity index (χ4n) is 2.95. The molecule has 0 spiro atoms. The van der Waals surface area contributed by atoms with E-state index in [1.165, 1.54) is 11.3 Å². The van der Waals surface area contributed by atoms with E-state index in [-0.39, 0.29) is 6.10 Å². The number of β-amino-alcohol motifs (C(OH)–C–C–N with tert-alkyl or cyclic N) is 1. The van der Waals surface area contributed by atoms with Gasteiger partial charge in [-0.1, -0.05) is 30.3 Å². The minimum Gasteiger partial charge on any atom is -0.390 e. The van der Waals surface area contributed by atoms with Crippen LogP contribution in [0, 0.1) is 0 Å². The Bertz CT molecular complexity index is 424. The standard InChI is InChI=1S/C17H28N2OS/c1-17(2)14-19(9-10-21-17)13-16(20)12-18(3)11-15-7-5-4-6-8-15/h4-8,16,20H,9-14H2,1-3H3. The van der Waals surface area contributed by atoms with Crippen LogP contribution in [-0.4, -0.2) is 64.7 Å². The van der Waals surface area contributed by atoms with Crippen molar-refractivity contribution in [1.82, 2.24) is 9.80 Å². The lowest BCUT2D eigenvalue weighted by Crippen LogP contribution is -2.47. The third-order valence-electron chi connectivity index (χ3n) is 3.79. The van der Waals surface area contributed by atoms with E-state index in [4.69, 9.17) is 0 Å². The smallest absolute Gasteiger partial charge is 0.0793 e. The molecule has 3 nitrogen and oxygen atoms in total. The maximum Gasteiger partial charge on any atom is 0.0793 e. The summed E-state index contributed by atoms with van der Waals surface area (Å²) in [6.45, 7) is 9.13. The van der Waals surface area contributed by atoms with E-state index >= 15 is 0 Å². The highest BCUT2D eigenvalue weighted by Gasteiger charge is 2.28. The second-order valence-electron chi connectivity index (χ2n) is 6.68. The summed E-state index contributed by atoms with van der Waals surface area (Å²) < 4.78 is 0.313. The van der Waals surface area contributed by atoms with Crippen LogP contribution >= 0.6 is 11.8 Å². The summed E-state index contributed by atoms with van der Waals surface area (Å²) >= 11 is 2.03. The van der Waals surface area contributed by atoms with E-state index in [1.54, 1.807) is 0 Å². The Morgan fingerprint density at radius 2 is 2.05 bits per heavy atom. The molecule has 2 rings (SSSR count). The zero-order chi connectivity index (χ0) is 15.3. The monoisotopic (exact) mass is 308 g/mol. The maximum absolute atomic E-state index is 10.3. The Labute approximate surface area is 133 Å². The molecule has 0 radical (unpaired) electrons. The molecule has 0 aliphatic carbocycles. The molecule has 0 saturated carbocycles. The second kappa shape index (κ2) is 7.63. The first kappa shape index (κ1) is 16.8. The minimum atomic E-state index is -0.280. The van der Waals surface area contributed by atoms with Gasteiger partial charge in [0.1, 0.15) is 0 Å². The Morgan fingerprint density at radius 3 is 2.71 bits per heavy atom. The van der Waals surface area contributed by atoms with Crippen LogP contribution in [0.1, 0.15) is 19.4 Å². The van der Waals surface area contributed by atoms with Crippen LogP contribution in [0.2, 0.25) is 0 Å². The number of aliphatic hydroxyl groups excluding tert-OH is 1. The van der Waals surface area contributed by atoms with Crippen molar-refractivity contribution < 1.29 is 5.11 Å². The van der Waals surface area contributed by atoms with Gasteiger partial charge in [-0.05, 0) is 26.5 Å². The number of hydrogen-bond acceptors (Lipinski definition) is 4. The molecule has 1 aromatic rings. The van der Waals surface area contributed by atoms with Gasteiger partial charge < -0.3 is 5.11 Å². The number of aliphatic hydroxyl groups is 1. The van der Waals surface area contributed by atoms with E-state index in [2.05, 4.69) is 55.0 Å². The lowest BCUT2D eigenvalue weighted by Gasteiger charge is -2.38. The summed E-state index contributed by atoms with van der Waals surface area (Å²) in [6.07, 6.45) is -0.280. The van der Waals surface area contributed by atoms with Crippen molar-refractivity contribution in [2.75, 3.05) is 39.0 Å². The van der Waals surface area contributed by atoms with Gasteiger partial charge in [-0.3, -0.25) is 9.80 Å². The number of hydrogen-bond donors (Lipinski definition) is 1. The molecule has 0 bridgehead atoms. The molecule has 1 fully saturated rings. The first-order chi connectivity index (χ1) is 9.94. The molecule has 1 aliphatic heterocycles. The van der Waals surface area contributed by atoms with Gasteiger partial charge in [0.25, 0.3) is 0 Å². The van der Waals surface area contributed by atoms with Gasteiger partial charge >= 0.3 is 0 Å². The SMILES string of the molecule is CN(Cc1ccccc1)CC(O)CN1CCSC(C)(C)C1. The molecule has 4 heteroatoms. The number of benzene rings is 1. The fourth-order valence-corrected chi connectivity index (χ4v) is 4.12. The Balaban J connectivity index is 1.75. The van der Waals surface area contributed by atoms with Crippen LogP contribution in [0.25, 0.3) is 0 Å². The van der Waals surface area contributed by atoms with Crippen molar-refractivity contribution in [3.63, 3.8) is 0 Å². The number of likely N-dealkylation sites (N-methyl/N-ethyl adjacent to an activating group) is 1. The highest BCUT2D eigenvalue weighted by Crippen LogP contribution is 2.29. The van der Waals surface area contributed by atoms with Crippen LogP contribution in [0.5, 0.6) is 0 Å². The van der Waals surface area contributed by atoms with Crippen molar-refractivity contribution >= 4 is 11.8 Å². The zero-order valence-electron chi connectivity index (χ0n) is 13.5. The average molecular weight is 308 g/mol. The van der Waals surface area contributed by atoms with Crippen LogP contribution in [-0.2, 0) is 6.54 Å². The van der Waals surface area contributed by atoms with E-state index in [0.717, 1.165) is 32.7 Å². The normalized spacial score (nSPS) is 20.6. The molecule has 1 heterocycles. The Kier molecular flexibility index (Phi) is 6.11. The van der Waals surface area contributed by atoms with E-state index in [0.29, 0.717) is 4.75 Å². The van der Waals surface area contributed by atoms with Crippen LogP contribution < -0.4 is 0 Å². The highest BCUT2D eigenvalue weighted by molar-refractivity contribution is 8.00. The number of thioether (sulfide) groups is 1. The Hall–Kier alpha value is -0.550.